The lowest BCUT2D eigenvalue weighted by Crippen LogP contribution is -2.33. The summed E-state index contributed by atoms with van der Waals surface area (Å²) in [6, 6.07) is 23.0. The number of hydrogen-bond acceptors (Lipinski definition) is 7. The van der Waals surface area contributed by atoms with Gasteiger partial charge in [-0.25, -0.2) is 13.1 Å². The first-order valence-electron chi connectivity index (χ1n) is 14.8. The summed E-state index contributed by atoms with van der Waals surface area (Å²) >= 11 is 0. The van der Waals surface area contributed by atoms with Gasteiger partial charge in [-0.05, 0) is 85.9 Å². The molecular weight excluding hydrogens is 588 g/mol. The molecule has 0 bridgehead atoms. The molecule has 0 aliphatic heterocycles. The third kappa shape index (κ3) is 10.9. The molecule has 0 heterocycles. The molecule has 8 nitrogen and oxygen atoms in total. The quantitative estimate of drug-likeness (QED) is 0.170. The molecule has 10 heteroatoms. The van der Waals surface area contributed by atoms with Gasteiger partial charge >= 0.3 is 0 Å². The molecule has 3 aromatic carbocycles. The molecule has 3 aromatic rings. The van der Waals surface area contributed by atoms with Crippen molar-refractivity contribution in [1.82, 2.24) is 10.0 Å². The number of hydrogen-bond donors (Lipinski definition) is 4. The van der Waals surface area contributed by atoms with Gasteiger partial charge in [0.2, 0.25) is 10.0 Å². The second kappa shape index (κ2) is 17.4. The highest BCUT2D eigenvalue weighted by atomic mass is 35.5. The number of ether oxygens (including phenoxy) is 1. The molecule has 0 unspecified atom stereocenters. The molecule has 0 spiro atoms. The van der Waals surface area contributed by atoms with E-state index in [0.29, 0.717) is 18.7 Å². The van der Waals surface area contributed by atoms with Crippen molar-refractivity contribution in [2.45, 2.75) is 63.6 Å². The maximum absolute atomic E-state index is 13.1. The van der Waals surface area contributed by atoms with Crippen LogP contribution in [0.15, 0.2) is 72.8 Å². The van der Waals surface area contributed by atoms with Crippen LogP contribution in [0.5, 0.6) is 5.75 Å². The minimum atomic E-state index is -3.83. The van der Waals surface area contributed by atoms with Gasteiger partial charge < -0.3 is 20.3 Å². The Labute approximate surface area is 261 Å². The average molecular weight is 631 g/mol. The Morgan fingerprint density at radius 1 is 0.930 bits per heavy atom. The zero-order valence-electron chi connectivity index (χ0n) is 24.4. The maximum Gasteiger partial charge on any atom is 0.268 e. The van der Waals surface area contributed by atoms with Crippen LogP contribution in [0.25, 0.3) is 11.1 Å². The van der Waals surface area contributed by atoms with E-state index >= 15 is 0 Å². The first kappa shape index (κ1) is 34.5. The topological polar surface area (TPSA) is 125 Å². The van der Waals surface area contributed by atoms with Crippen molar-refractivity contribution in [3.05, 3.63) is 89.5 Å². The number of carbonyl (C=O) groups excluding carboxylic acids is 1. The highest BCUT2D eigenvalue weighted by Gasteiger charge is 2.23. The van der Waals surface area contributed by atoms with Gasteiger partial charge in [-0.2, -0.15) is 0 Å². The number of benzene rings is 3. The molecule has 1 saturated carbocycles. The number of aliphatic hydroxyl groups is 2. The van der Waals surface area contributed by atoms with E-state index in [9.17, 15) is 18.3 Å². The summed E-state index contributed by atoms with van der Waals surface area (Å²) in [6.07, 6.45) is 5.95. The smallest absolute Gasteiger partial charge is 0.268 e. The first-order chi connectivity index (χ1) is 20.3. The lowest BCUT2D eigenvalue weighted by atomic mass is 9.97. The van der Waals surface area contributed by atoms with Gasteiger partial charge in [-0.3, -0.25) is 4.79 Å². The van der Waals surface area contributed by atoms with Crippen molar-refractivity contribution in [2.75, 3.05) is 25.4 Å². The standard InChI is InChI=1S/C33H42N2O6S.ClH/c36-21-7-8-22-42(39,40)35-33(38)30-18-17-28(23-32(30)41-29-11-5-2-6-12-29)26-15-13-25(14-16-26)19-20-34-24-31(37)27-9-3-1-4-10-27;/h1,3-4,9-10,13-18,23,29,31,34,36-37H,2,5-8,11-12,19-22,24H2,(H,35,38);1H/t31-;/m0./s1. The Kier molecular flexibility index (Phi) is 14.0. The average Bonchev–Trinajstić information content (AvgIpc) is 3.00. The molecule has 1 aliphatic carbocycles. The van der Waals surface area contributed by atoms with Crippen molar-refractivity contribution < 1.29 is 28.2 Å². The van der Waals surface area contributed by atoms with Crippen LogP contribution >= 0.6 is 12.4 Å². The zero-order chi connectivity index (χ0) is 29.8. The van der Waals surface area contributed by atoms with Gasteiger partial charge in [0.25, 0.3) is 5.91 Å². The van der Waals surface area contributed by atoms with E-state index in [1.165, 1.54) is 0 Å². The van der Waals surface area contributed by atoms with Crippen LogP contribution in [0.2, 0.25) is 0 Å². The predicted molar refractivity (Wildman–Crippen MR) is 172 cm³/mol. The summed E-state index contributed by atoms with van der Waals surface area (Å²) in [4.78, 5) is 13.1. The Balaban J connectivity index is 0.00000506. The number of halogens is 1. The van der Waals surface area contributed by atoms with E-state index in [-0.39, 0.29) is 42.9 Å². The van der Waals surface area contributed by atoms with E-state index in [1.807, 2.05) is 54.6 Å². The zero-order valence-corrected chi connectivity index (χ0v) is 26.0. The van der Waals surface area contributed by atoms with E-state index in [2.05, 4.69) is 22.2 Å². The lowest BCUT2D eigenvalue weighted by Gasteiger charge is -2.24. The van der Waals surface area contributed by atoms with Gasteiger partial charge in [0.1, 0.15) is 5.75 Å². The van der Waals surface area contributed by atoms with Gasteiger partial charge in [-0.15, -0.1) is 12.4 Å². The molecule has 43 heavy (non-hydrogen) atoms. The molecule has 0 radical (unpaired) electrons. The Hall–Kier alpha value is -2.95. The van der Waals surface area contributed by atoms with Gasteiger partial charge in [0.05, 0.1) is 23.5 Å². The summed E-state index contributed by atoms with van der Waals surface area (Å²) in [5, 5.41) is 22.6. The summed E-state index contributed by atoms with van der Waals surface area (Å²) in [5.41, 5.74) is 4.07. The van der Waals surface area contributed by atoms with Crippen LogP contribution in [-0.2, 0) is 16.4 Å². The third-order valence-electron chi connectivity index (χ3n) is 7.54. The van der Waals surface area contributed by atoms with Crippen LogP contribution in [-0.4, -0.2) is 56.1 Å². The molecule has 1 amide bonds. The Morgan fingerprint density at radius 2 is 1.63 bits per heavy atom. The van der Waals surface area contributed by atoms with Gasteiger partial charge in [0, 0.05) is 13.2 Å². The molecule has 0 aromatic heterocycles. The fourth-order valence-corrected chi connectivity index (χ4v) is 6.21. The van der Waals surface area contributed by atoms with Gasteiger partial charge in [-0.1, -0.05) is 67.1 Å². The first-order valence-corrected chi connectivity index (χ1v) is 16.5. The van der Waals surface area contributed by atoms with Crippen molar-refractivity contribution in [1.29, 1.82) is 0 Å². The predicted octanol–water partition coefficient (Wildman–Crippen LogP) is 5.18. The Bertz CT molecular complexity index is 1380. The third-order valence-corrected chi connectivity index (χ3v) is 8.86. The molecular formula is C33H43ClN2O6S. The molecule has 4 N–H and O–H groups in total. The second-order valence-electron chi connectivity index (χ2n) is 10.8. The molecule has 234 valence electrons. The number of nitrogens with one attached hydrogen (secondary N) is 2. The van der Waals surface area contributed by atoms with E-state index < -0.39 is 22.0 Å². The molecule has 1 aliphatic rings. The SMILES string of the molecule is Cl.O=C(NS(=O)(=O)CCCCO)c1ccc(-c2ccc(CCNC[C@H](O)c3ccccc3)cc2)cc1OC1CCCCC1. The minimum absolute atomic E-state index is 0. The van der Waals surface area contributed by atoms with Crippen LogP contribution < -0.4 is 14.8 Å². The summed E-state index contributed by atoms with van der Waals surface area (Å²) in [6.45, 7) is 1.12. The van der Waals surface area contributed by atoms with E-state index in [0.717, 1.165) is 67.3 Å². The summed E-state index contributed by atoms with van der Waals surface area (Å²) in [5.74, 6) is -0.560. The number of aliphatic hydroxyl groups excluding tert-OH is 2. The fourth-order valence-electron chi connectivity index (χ4n) is 5.13. The normalized spacial score (nSPS) is 14.5. The molecule has 4 rings (SSSR count). The highest BCUT2D eigenvalue weighted by molar-refractivity contribution is 7.90. The van der Waals surface area contributed by atoms with Crippen molar-refractivity contribution in [2.24, 2.45) is 0 Å². The number of rotatable bonds is 15. The summed E-state index contributed by atoms with van der Waals surface area (Å²) in [7, 11) is -3.83. The number of sulfonamides is 1. The number of amides is 1. The fraction of sp³-hybridized carbons (Fsp3) is 0.424. The summed E-state index contributed by atoms with van der Waals surface area (Å²) < 4.78 is 33.3. The largest absolute Gasteiger partial charge is 0.490 e. The second-order valence-corrected chi connectivity index (χ2v) is 12.7. The van der Waals surface area contributed by atoms with Crippen molar-refractivity contribution in [3.63, 3.8) is 0 Å². The van der Waals surface area contributed by atoms with Crippen LogP contribution in [0.3, 0.4) is 0 Å². The van der Waals surface area contributed by atoms with Crippen molar-refractivity contribution >= 4 is 28.3 Å². The number of unbranched alkanes of at least 4 members (excludes halogenated alkanes) is 1. The van der Waals surface area contributed by atoms with E-state index in [1.54, 1.807) is 6.07 Å². The minimum Gasteiger partial charge on any atom is -0.490 e. The molecule has 0 saturated heterocycles. The molecule has 1 atom stereocenters. The van der Waals surface area contributed by atoms with Crippen molar-refractivity contribution in [3.8, 4) is 16.9 Å². The highest BCUT2D eigenvalue weighted by Crippen LogP contribution is 2.31. The van der Waals surface area contributed by atoms with E-state index in [4.69, 9.17) is 9.84 Å². The Morgan fingerprint density at radius 3 is 2.33 bits per heavy atom. The van der Waals surface area contributed by atoms with Crippen LogP contribution in [0, 0.1) is 0 Å². The number of carbonyl (C=O) groups is 1. The van der Waals surface area contributed by atoms with Crippen LogP contribution in [0.4, 0.5) is 0 Å². The maximum atomic E-state index is 13.1. The lowest BCUT2D eigenvalue weighted by molar-refractivity contribution is 0.0969. The van der Waals surface area contributed by atoms with Crippen LogP contribution in [0.1, 0.15) is 72.5 Å². The van der Waals surface area contributed by atoms with Gasteiger partial charge in [0.15, 0.2) is 0 Å². The molecule has 1 fully saturated rings. The monoisotopic (exact) mass is 630 g/mol.